The van der Waals surface area contributed by atoms with E-state index in [0.29, 0.717) is 16.8 Å². The molecule has 2 N–H and O–H groups in total. The highest BCUT2D eigenvalue weighted by Crippen LogP contribution is 2.19. The quantitative estimate of drug-likeness (QED) is 0.248. The lowest BCUT2D eigenvalue weighted by atomic mass is 10.1. The van der Waals surface area contributed by atoms with Crippen LogP contribution in [0.2, 0.25) is 0 Å². The Morgan fingerprint density at radius 1 is 1.11 bits per heavy atom. The van der Waals surface area contributed by atoms with E-state index >= 15 is 0 Å². The maximum atomic E-state index is 12.5. The predicted molar refractivity (Wildman–Crippen MR) is 134 cm³/mol. The van der Waals surface area contributed by atoms with Crippen LogP contribution in [0.4, 0.5) is 13.2 Å². The van der Waals surface area contributed by atoms with E-state index in [1.165, 1.54) is 30.6 Å². The van der Waals surface area contributed by atoms with Crippen LogP contribution in [0.25, 0.3) is 0 Å². The predicted octanol–water partition coefficient (Wildman–Crippen LogP) is 3.44. The summed E-state index contributed by atoms with van der Waals surface area (Å²) >= 11 is 1.69. The number of unbranched alkanes of at least 4 members (excludes halogenated alkanes) is 3. The molecule has 210 valence electrons. The Balaban J connectivity index is 0.000000905. The molecular formula is C26H33F3N2O6S. The molecule has 0 saturated carbocycles. The van der Waals surface area contributed by atoms with Gasteiger partial charge in [-0.15, -0.1) is 11.3 Å². The molecule has 2 aromatic heterocycles. The first-order chi connectivity index (χ1) is 17.6. The van der Waals surface area contributed by atoms with Gasteiger partial charge >= 0.3 is 12.1 Å². The fourth-order valence-corrected chi connectivity index (χ4v) is 4.15. The van der Waals surface area contributed by atoms with E-state index in [1.807, 2.05) is 27.2 Å². The van der Waals surface area contributed by atoms with Crippen molar-refractivity contribution < 1.29 is 46.7 Å². The van der Waals surface area contributed by atoms with E-state index in [0.717, 1.165) is 11.3 Å². The zero-order chi connectivity index (χ0) is 28.9. The van der Waals surface area contributed by atoms with Crippen LogP contribution in [-0.4, -0.2) is 67.3 Å². The van der Waals surface area contributed by atoms with Crippen LogP contribution >= 0.6 is 11.3 Å². The van der Waals surface area contributed by atoms with Gasteiger partial charge in [0.25, 0.3) is 5.91 Å². The van der Waals surface area contributed by atoms with Crippen LogP contribution in [0.15, 0.2) is 28.7 Å². The Hall–Kier alpha value is -3.30. The largest absolute Gasteiger partial charge is 0.542 e. The van der Waals surface area contributed by atoms with Crippen molar-refractivity contribution in [2.45, 2.75) is 57.7 Å². The number of hydrogen-bond donors (Lipinski definition) is 2. The number of nitrogens with one attached hydrogen (secondary N) is 1. The Labute approximate surface area is 224 Å². The van der Waals surface area contributed by atoms with Crippen molar-refractivity contribution in [3.8, 4) is 11.8 Å². The van der Waals surface area contributed by atoms with Crippen LogP contribution in [0.5, 0.6) is 0 Å². The van der Waals surface area contributed by atoms with Crippen LogP contribution in [0.1, 0.15) is 65.1 Å². The molecule has 0 spiro atoms. The molecule has 0 aliphatic rings. The maximum absolute atomic E-state index is 12.5. The second-order valence-corrected chi connectivity index (χ2v) is 10.7. The minimum Gasteiger partial charge on any atom is -0.542 e. The summed E-state index contributed by atoms with van der Waals surface area (Å²) in [5, 5.41) is 20.7. The summed E-state index contributed by atoms with van der Waals surface area (Å²) in [6.07, 6.45) is 0.721. The molecule has 0 aliphatic heterocycles. The average molecular weight is 559 g/mol. The van der Waals surface area contributed by atoms with Gasteiger partial charge in [-0.1, -0.05) is 26.2 Å². The van der Waals surface area contributed by atoms with Gasteiger partial charge in [-0.2, -0.15) is 13.2 Å². The number of aliphatic carboxylic acids is 2. The third-order valence-electron chi connectivity index (χ3n) is 4.83. The molecule has 2 rings (SSSR count). The summed E-state index contributed by atoms with van der Waals surface area (Å²) in [6.45, 7) is 2.70. The van der Waals surface area contributed by atoms with Gasteiger partial charge in [0.1, 0.15) is 5.97 Å². The minimum absolute atomic E-state index is 0.129. The zero-order valence-corrected chi connectivity index (χ0v) is 22.6. The number of hydrogen-bond acceptors (Lipinski definition) is 6. The molecule has 0 unspecified atom stereocenters. The van der Waals surface area contributed by atoms with Gasteiger partial charge in [-0.25, -0.2) is 0 Å². The maximum Gasteiger partial charge on any atom is 0.430 e. The Morgan fingerprint density at radius 3 is 2.32 bits per heavy atom. The summed E-state index contributed by atoms with van der Waals surface area (Å²) in [7, 11) is 5.84. The molecule has 0 radical (unpaired) electrons. The molecule has 8 nitrogen and oxygen atoms in total. The molecule has 2 aromatic rings. The molecule has 2 heterocycles. The Kier molecular flexibility index (Phi) is 13.1. The second kappa shape index (κ2) is 15.2. The summed E-state index contributed by atoms with van der Waals surface area (Å²) in [4.78, 5) is 34.7. The van der Waals surface area contributed by atoms with Crippen molar-refractivity contribution in [3.63, 3.8) is 0 Å². The molecule has 1 amide bonds. The van der Waals surface area contributed by atoms with Crippen LogP contribution in [0, 0.1) is 11.8 Å². The van der Waals surface area contributed by atoms with Gasteiger partial charge in [0.05, 0.1) is 45.0 Å². The number of carbonyl (C=O) groups is 3. The van der Waals surface area contributed by atoms with E-state index in [1.54, 1.807) is 23.5 Å². The number of carboxylic acids is 2. The number of amides is 1. The van der Waals surface area contributed by atoms with Crippen LogP contribution in [0.3, 0.4) is 0 Å². The van der Waals surface area contributed by atoms with Crippen molar-refractivity contribution in [3.05, 3.63) is 45.5 Å². The molecule has 1 atom stereocenters. The van der Waals surface area contributed by atoms with Gasteiger partial charge in [0, 0.05) is 4.88 Å². The summed E-state index contributed by atoms with van der Waals surface area (Å²) in [5.41, 5.74) is 0. The first-order valence-electron chi connectivity index (χ1n) is 11.9. The number of carboxylic acid groups (broad SMARTS) is 2. The smallest absolute Gasteiger partial charge is 0.430 e. The fraction of sp³-hybridized carbons (Fsp3) is 0.500. The van der Waals surface area contributed by atoms with Crippen molar-refractivity contribution >= 4 is 29.2 Å². The summed E-state index contributed by atoms with van der Waals surface area (Å²) in [6, 6.07) is 6.87. The first-order valence-corrected chi connectivity index (χ1v) is 12.7. The molecule has 0 fully saturated rings. The van der Waals surface area contributed by atoms with Crippen LogP contribution < -0.4 is 10.4 Å². The van der Waals surface area contributed by atoms with Gasteiger partial charge in [0.15, 0.2) is 11.5 Å². The molecule has 0 aliphatic carbocycles. The number of alkyl halides is 3. The number of rotatable bonds is 11. The number of halogens is 3. The highest BCUT2D eigenvalue weighted by Gasteiger charge is 2.29. The topological polar surface area (TPSA) is 120 Å². The number of aryl methyl sites for hydroxylation is 1. The van der Waals surface area contributed by atoms with E-state index in [-0.39, 0.29) is 12.2 Å². The average Bonchev–Trinajstić information content (AvgIpc) is 3.43. The third kappa shape index (κ3) is 13.9. The van der Waals surface area contributed by atoms with Gasteiger partial charge in [0.2, 0.25) is 0 Å². The summed E-state index contributed by atoms with van der Waals surface area (Å²) in [5.74, 6) is 2.21. The fourth-order valence-electron chi connectivity index (χ4n) is 3.25. The van der Waals surface area contributed by atoms with Gasteiger partial charge in [-0.3, -0.25) is 9.59 Å². The highest BCUT2D eigenvalue weighted by atomic mass is 32.1. The molecule has 12 heteroatoms. The molecule has 0 aromatic carbocycles. The molecule has 38 heavy (non-hydrogen) atoms. The van der Waals surface area contributed by atoms with Crippen molar-refractivity contribution in [1.29, 1.82) is 0 Å². The first kappa shape index (κ1) is 32.7. The molecular weight excluding hydrogens is 525 g/mol. The molecule has 0 saturated heterocycles. The third-order valence-corrected chi connectivity index (χ3v) is 5.89. The van der Waals surface area contributed by atoms with E-state index in [4.69, 9.17) is 19.4 Å². The lowest BCUT2D eigenvalue weighted by molar-refractivity contribution is -0.871. The van der Waals surface area contributed by atoms with Gasteiger partial charge < -0.3 is 29.2 Å². The van der Waals surface area contributed by atoms with Crippen molar-refractivity contribution in [2.24, 2.45) is 0 Å². The second-order valence-electron chi connectivity index (χ2n) is 9.52. The zero-order valence-electron chi connectivity index (χ0n) is 21.8. The number of thiophene rings is 1. The Bertz CT molecular complexity index is 1120. The van der Waals surface area contributed by atoms with E-state index < -0.39 is 30.1 Å². The van der Waals surface area contributed by atoms with E-state index in [2.05, 4.69) is 30.1 Å². The standard InChI is InChI=1S/C24H32N2O4S.C2HF3O2/c1-5-6-7-8-9-20-13-14-21(31-20)12-10-19-11-15-22(30-19)24(29)25-18(16-23(27)28)17-26(2,3)4;3-2(4,5)1(6)7/h11,13-15,18H,5-9,16-17H2,1-4H3,(H-,25,27,28,29);(H,6,7)/t18-;/m1./s1. The van der Waals surface area contributed by atoms with Gasteiger partial charge in [-0.05, 0) is 48.9 Å². The lowest BCUT2D eigenvalue weighted by Gasteiger charge is -2.28. The minimum atomic E-state index is -5.19. The number of quaternary nitrogens is 1. The normalized spacial score (nSPS) is 12.0. The Morgan fingerprint density at radius 2 is 1.76 bits per heavy atom. The van der Waals surface area contributed by atoms with Crippen molar-refractivity contribution in [1.82, 2.24) is 5.32 Å². The highest BCUT2D eigenvalue weighted by molar-refractivity contribution is 7.12. The van der Waals surface area contributed by atoms with E-state index in [9.17, 15) is 22.8 Å². The van der Waals surface area contributed by atoms with Crippen LogP contribution in [-0.2, 0) is 16.0 Å². The monoisotopic (exact) mass is 558 g/mol. The van der Waals surface area contributed by atoms with Crippen molar-refractivity contribution in [2.75, 3.05) is 27.7 Å². The number of likely N-dealkylation sites (N-methyl/N-ethyl adjacent to an activating group) is 1. The number of furan rings is 1. The molecule has 0 bridgehead atoms. The summed E-state index contributed by atoms with van der Waals surface area (Å²) < 4.78 is 37.7. The lowest BCUT2D eigenvalue weighted by Crippen LogP contribution is -2.49. The number of nitrogens with zero attached hydrogens (tertiary/aromatic N) is 1. The SMILES string of the molecule is CCCCCCc1ccc(C#Cc2ccc(C(=O)N[C@H](CC(=O)O)C[N+](C)(C)C)o2)s1.O=C([O-])C(F)(F)F. The number of carbonyl (C=O) groups excluding carboxylic acids is 2.